The molecule has 3 N–H and O–H groups in total. The van der Waals surface area contributed by atoms with Gasteiger partial charge in [-0.05, 0) is 24.1 Å². The van der Waals surface area contributed by atoms with Gasteiger partial charge in [0.1, 0.15) is 5.69 Å². The van der Waals surface area contributed by atoms with Crippen molar-refractivity contribution in [2.45, 2.75) is 12.8 Å². The van der Waals surface area contributed by atoms with Crippen LogP contribution < -0.4 is 11.1 Å². The first kappa shape index (κ1) is 19.3. The first-order chi connectivity index (χ1) is 14.7. The van der Waals surface area contributed by atoms with E-state index in [-0.39, 0.29) is 5.91 Å². The molecule has 1 aromatic heterocycles. The average molecular weight is 394 g/mol. The molecule has 0 atom stereocenters. The van der Waals surface area contributed by atoms with Crippen molar-refractivity contribution in [2.75, 3.05) is 11.1 Å². The third-order valence-corrected chi connectivity index (χ3v) is 4.77. The standard InChI is InChI=1S/C25H22N4O/c26-21-14-12-19(13-15-21)22-17-27-25(24(28-22)20-9-5-2-6-10-20)29-23(30)16-11-18-7-3-1-4-8-18/h1-10,12-15,17H,11,16,26H2,(H,27,29,30). The monoisotopic (exact) mass is 394 g/mol. The van der Waals surface area contributed by atoms with Crippen LogP contribution in [0.25, 0.3) is 22.5 Å². The van der Waals surface area contributed by atoms with E-state index in [2.05, 4.69) is 10.3 Å². The lowest BCUT2D eigenvalue weighted by molar-refractivity contribution is -0.116. The molecule has 30 heavy (non-hydrogen) atoms. The number of nitrogens with one attached hydrogen (secondary N) is 1. The minimum atomic E-state index is -0.0921. The van der Waals surface area contributed by atoms with Crippen molar-refractivity contribution >= 4 is 17.4 Å². The molecule has 148 valence electrons. The zero-order chi connectivity index (χ0) is 20.8. The summed E-state index contributed by atoms with van der Waals surface area (Å²) in [6.07, 6.45) is 2.72. The number of carbonyl (C=O) groups excluding carboxylic acids is 1. The van der Waals surface area contributed by atoms with Gasteiger partial charge in [-0.15, -0.1) is 0 Å². The predicted molar refractivity (Wildman–Crippen MR) is 121 cm³/mol. The Morgan fingerprint density at radius 1 is 0.833 bits per heavy atom. The van der Waals surface area contributed by atoms with Crippen LogP contribution in [0.2, 0.25) is 0 Å². The Labute approximate surface area is 175 Å². The molecule has 1 amide bonds. The molecule has 5 heteroatoms. The van der Waals surface area contributed by atoms with E-state index in [1.807, 2.05) is 84.9 Å². The SMILES string of the molecule is Nc1ccc(-c2cnc(NC(=O)CCc3ccccc3)c(-c3ccccc3)n2)cc1. The van der Waals surface area contributed by atoms with E-state index < -0.39 is 0 Å². The molecule has 0 spiro atoms. The Bertz CT molecular complexity index is 1130. The summed E-state index contributed by atoms with van der Waals surface area (Å²) >= 11 is 0. The second kappa shape index (κ2) is 9.01. The predicted octanol–water partition coefficient (Wildman–Crippen LogP) is 4.96. The quantitative estimate of drug-likeness (QED) is 0.453. The molecule has 0 bridgehead atoms. The summed E-state index contributed by atoms with van der Waals surface area (Å²) in [5, 5.41) is 2.93. The maximum Gasteiger partial charge on any atom is 0.225 e. The molecule has 0 aliphatic heterocycles. The lowest BCUT2D eigenvalue weighted by Crippen LogP contribution is -2.15. The van der Waals surface area contributed by atoms with E-state index in [1.165, 1.54) is 0 Å². The molecule has 0 saturated carbocycles. The summed E-state index contributed by atoms with van der Waals surface area (Å²) < 4.78 is 0. The molecule has 0 aliphatic rings. The number of rotatable bonds is 6. The van der Waals surface area contributed by atoms with Crippen molar-refractivity contribution in [3.05, 3.63) is 96.7 Å². The molecule has 4 aromatic rings. The summed E-state index contributed by atoms with van der Waals surface area (Å²) in [6.45, 7) is 0. The number of amides is 1. The van der Waals surface area contributed by atoms with Gasteiger partial charge < -0.3 is 11.1 Å². The Hall–Kier alpha value is -3.99. The third-order valence-electron chi connectivity index (χ3n) is 4.77. The maximum atomic E-state index is 12.6. The van der Waals surface area contributed by atoms with E-state index in [4.69, 9.17) is 10.7 Å². The van der Waals surface area contributed by atoms with E-state index in [0.29, 0.717) is 30.0 Å². The number of hydrogen-bond donors (Lipinski definition) is 2. The number of nitrogens with two attached hydrogens (primary N) is 1. The fourth-order valence-electron chi connectivity index (χ4n) is 3.17. The highest BCUT2D eigenvalue weighted by molar-refractivity contribution is 5.93. The number of anilines is 2. The number of nitrogen functional groups attached to an aromatic ring is 1. The van der Waals surface area contributed by atoms with Crippen molar-refractivity contribution in [1.82, 2.24) is 9.97 Å². The number of aromatic nitrogens is 2. The highest BCUT2D eigenvalue weighted by Crippen LogP contribution is 2.28. The van der Waals surface area contributed by atoms with Gasteiger partial charge in [0, 0.05) is 23.2 Å². The van der Waals surface area contributed by atoms with Gasteiger partial charge in [0.15, 0.2) is 5.82 Å². The summed E-state index contributed by atoms with van der Waals surface area (Å²) in [7, 11) is 0. The molecule has 0 fully saturated rings. The molecule has 3 aromatic carbocycles. The van der Waals surface area contributed by atoms with Crippen molar-refractivity contribution in [3.8, 4) is 22.5 Å². The largest absolute Gasteiger partial charge is 0.399 e. The topological polar surface area (TPSA) is 80.9 Å². The van der Waals surface area contributed by atoms with Crippen molar-refractivity contribution in [1.29, 1.82) is 0 Å². The average Bonchev–Trinajstić information content (AvgIpc) is 2.80. The Morgan fingerprint density at radius 3 is 2.20 bits per heavy atom. The van der Waals surface area contributed by atoms with Gasteiger partial charge in [0.2, 0.25) is 5.91 Å². The fraction of sp³-hybridized carbons (Fsp3) is 0.0800. The third kappa shape index (κ3) is 4.70. The normalized spacial score (nSPS) is 10.5. The van der Waals surface area contributed by atoms with Gasteiger partial charge in [-0.2, -0.15) is 0 Å². The molecular weight excluding hydrogens is 372 g/mol. The fourth-order valence-corrected chi connectivity index (χ4v) is 3.17. The van der Waals surface area contributed by atoms with Crippen LogP contribution in [0.4, 0.5) is 11.5 Å². The van der Waals surface area contributed by atoms with Crippen molar-refractivity contribution in [2.24, 2.45) is 0 Å². The number of carbonyl (C=O) groups is 1. The molecule has 0 radical (unpaired) electrons. The van der Waals surface area contributed by atoms with Crippen LogP contribution in [-0.4, -0.2) is 15.9 Å². The van der Waals surface area contributed by atoms with Gasteiger partial charge >= 0.3 is 0 Å². The zero-order valence-electron chi connectivity index (χ0n) is 16.5. The highest BCUT2D eigenvalue weighted by Gasteiger charge is 2.14. The van der Waals surface area contributed by atoms with Crippen LogP contribution in [0.5, 0.6) is 0 Å². The van der Waals surface area contributed by atoms with Gasteiger partial charge in [0.05, 0.1) is 11.9 Å². The van der Waals surface area contributed by atoms with Crippen LogP contribution in [0.1, 0.15) is 12.0 Å². The molecule has 5 nitrogen and oxygen atoms in total. The van der Waals surface area contributed by atoms with Gasteiger partial charge in [0.25, 0.3) is 0 Å². The number of aryl methyl sites for hydroxylation is 1. The molecule has 1 heterocycles. The Balaban J connectivity index is 1.60. The van der Waals surface area contributed by atoms with Crippen LogP contribution in [0, 0.1) is 0 Å². The number of hydrogen-bond acceptors (Lipinski definition) is 4. The molecule has 0 unspecified atom stereocenters. The highest BCUT2D eigenvalue weighted by atomic mass is 16.1. The summed E-state index contributed by atoms with van der Waals surface area (Å²) in [6, 6.07) is 27.2. The van der Waals surface area contributed by atoms with Gasteiger partial charge in [-0.1, -0.05) is 72.8 Å². The molecule has 0 aliphatic carbocycles. The lowest BCUT2D eigenvalue weighted by atomic mass is 10.1. The number of nitrogens with zero attached hydrogens (tertiary/aromatic N) is 2. The molecular formula is C25H22N4O. The van der Waals surface area contributed by atoms with Crippen molar-refractivity contribution in [3.63, 3.8) is 0 Å². The van der Waals surface area contributed by atoms with Gasteiger partial charge in [-0.25, -0.2) is 9.97 Å². The number of benzene rings is 3. The van der Waals surface area contributed by atoms with E-state index >= 15 is 0 Å². The van der Waals surface area contributed by atoms with Gasteiger partial charge in [-0.3, -0.25) is 4.79 Å². The molecule has 0 saturated heterocycles. The lowest BCUT2D eigenvalue weighted by Gasteiger charge is -2.12. The van der Waals surface area contributed by atoms with Crippen LogP contribution >= 0.6 is 0 Å². The first-order valence-electron chi connectivity index (χ1n) is 9.81. The molecule has 4 rings (SSSR count). The smallest absolute Gasteiger partial charge is 0.225 e. The second-order valence-electron chi connectivity index (χ2n) is 6.97. The first-order valence-corrected chi connectivity index (χ1v) is 9.81. The van der Waals surface area contributed by atoms with E-state index in [9.17, 15) is 4.79 Å². The van der Waals surface area contributed by atoms with E-state index in [1.54, 1.807) is 6.20 Å². The minimum Gasteiger partial charge on any atom is -0.399 e. The van der Waals surface area contributed by atoms with Crippen LogP contribution in [0.15, 0.2) is 91.1 Å². The van der Waals surface area contributed by atoms with Crippen LogP contribution in [0.3, 0.4) is 0 Å². The van der Waals surface area contributed by atoms with E-state index in [0.717, 1.165) is 22.4 Å². The van der Waals surface area contributed by atoms with Crippen LogP contribution in [-0.2, 0) is 11.2 Å². The Kier molecular flexibility index (Phi) is 5.80. The maximum absolute atomic E-state index is 12.6. The Morgan fingerprint density at radius 2 is 1.50 bits per heavy atom. The summed E-state index contributed by atoms with van der Waals surface area (Å²) in [5.74, 6) is 0.365. The van der Waals surface area contributed by atoms with Crippen molar-refractivity contribution < 1.29 is 4.79 Å². The minimum absolute atomic E-state index is 0.0921. The summed E-state index contributed by atoms with van der Waals surface area (Å²) in [4.78, 5) is 21.9. The summed E-state index contributed by atoms with van der Waals surface area (Å²) in [5.41, 5.74) is 10.8. The second-order valence-corrected chi connectivity index (χ2v) is 6.97. The zero-order valence-corrected chi connectivity index (χ0v) is 16.5.